The van der Waals surface area contributed by atoms with Crippen LogP contribution in [0.4, 0.5) is 0 Å². The van der Waals surface area contributed by atoms with Gasteiger partial charge in [0.05, 0.1) is 204 Å². The van der Waals surface area contributed by atoms with E-state index in [1.165, 1.54) is 20.8 Å². The largest absolute Gasteiger partial charge is 0.394 e. The molecule has 6 unspecified atom stereocenters. The van der Waals surface area contributed by atoms with E-state index in [4.69, 9.17) is 99.5 Å². The van der Waals surface area contributed by atoms with Gasteiger partial charge in [-0.2, -0.15) is 0 Å². The van der Waals surface area contributed by atoms with Crippen LogP contribution in [0.5, 0.6) is 0 Å². The van der Waals surface area contributed by atoms with Crippen LogP contribution >= 0.6 is 0 Å². The van der Waals surface area contributed by atoms with E-state index in [1.807, 2.05) is 0 Å². The highest BCUT2D eigenvalue weighted by Crippen LogP contribution is 2.25. The van der Waals surface area contributed by atoms with Crippen molar-refractivity contribution in [3.8, 4) is 0 Å². The molecule has 0 radical (unpaired) electrons. The standard InChI is InChI=1S/C59H112N4O33/c1-40(2)30-60-59(34-88-37-85-21-18-79-9-6-76-12-15-82-24-27-91-56-47(61-41(3)67)53(73)50(70)44(31-64)94-56,35-89-38-86-22-19-80-10-7-77-13-16-83-25-28-92-57-48(62-42(4)68)54(74)51(71)45(32-65)95-57)36-90-39-87-23-20-81-11-8-78-14-17-84-26-29-93-58-49(63-43(5)69)55(75)52(72)46(33-66)96-58/h40,44-58,60,64-66,70-75H,6-39H2,1-5H3,(H,61,67)(H,62,68)(H,63,69)/t44?,45?,46?,47-,48-,49-,50-,51-,52-,53?,54?,55?,56+,57+,58+,59?/m0/s1. The number of aliphatic hydroxyl groups excluding tert-OH is 9. The number of carbonyl (C=O) groups is 3. The Bertz CT molecular complexity index is 1740. The first-order valence-electron chi connectivity index (χ1n) is 32.3. The molecule has 13 N–H and O–H groups in total. The average Bonchev–Trinajstić information content (AvgIpc) is 0.834. The first-order chi connectivity index (χ1) is 46.4. The number of aliphatic hydroxyl groups is 9. The van der Waals surface area contributed by atoms with Gasteiger partial charge in [0, 0.05) is 20.8 Å². The first kappa shape index (κ1) is 87.4. The van der Waals surface area contributed by atoms with Gasteiger partial charge in [-0.1, -0.05) is 13.8 Å². The van der Waals surface area contributed by atoms with Crippen LogP contribution in [-0.4, -0.2) is 386 Å². The highest BCUT2D eigenvalue weighted by molar-refractivity contribution is 5.74. The van der Waals surface area contributed by atoms with E-state index in [2.05, 4.69) is 35.1 Å². The van der Waals surface area contributed by atoms with Crippen LogP contribution in [0.25, 0.3) is 0 Å². The molecule has 37 nitrogen and oxygen atoms in total. The molecular weight excluding hydrogens is 1290 g/mol. The van der Waals surface area contributed by atoms with Gasteiger partial charge in [0.1, 0.15) is 93.4 Å². The Balaban J connectivity index is 1.31. The van der Waals surface area contributed by atoms with Crippen molar-refractivity contribution in [1.82, 2.24) is 21.3 Å². The van der Waals surface area contributed by atoms with Crippen LogP contribution in [0.15, 0.2) is 0 Å². The number of ether oxygens (including phenoxy) is 21. The summed E-state index contributed by atoms with van der Waals surface area (Å²) in [6.07, 6.45) is -15.1. The van der Waals surface area contributed by atoms with Gasteiger partial charge in [-0.25, -0.2) is 0 Å². The summed E-state index contributed by atoms with van der Waals surface area (Å²) in [5.74, 6) is -1.12. The summed E-state index contributed by atoms with van der Waals surface area (Å²) in [7, 11) is 0. The molecule has 0 bridgehead atoms. The molecule has 96 heavy (non-hydrogen) atoms. The molecule has 0 spiro atoms. The van der Waals surface area contributed by atoms with Gasteiger partial charge in [0.15, 0.2) is 18.9 Å². The molecule has 15 atom stereocenters. The third kappa shape index (κ3) is 37.2. The van der Waals surface area contributed by atoms with Crippen molar-refractivity contribution in [2.45, 2.75) is 132 Å². The maximum Gasteiger partial charge on any atom is 0.217 e. The summed E-state index contributed by atoms with van der Waals surface area (Å²) < 4.78 is 119. The fourth-order valence-corrected chi connectivity index (χ4v) is 9.25. The predicted molar refractivity (Wildman–Crippen MR) is 327 cm³/mol. The maximum absolute atomic E-state index is 11.6. The van der Waals surface area contributed by atoms with E-state index in [1.54, 1.807) is 0 Å². The summed E-state index contributed by atoms with van der Waals surface area (Å²) in [6, 6.07) is -3.14. The van der Waals surface area contributed by atoms with Gasteiger partial charge in [-0.15, -0.1) is 0 Å². The minimum Gasteiger partial charge on any atom is -0.394 e. The van der Waals surface area contributed by atoms with Crippen LogP contribution in [-0.2, 0) is 114 Å². The molecule has 0 aliphatic carbocycles. The fraction of sp³-hybridized carbons (Fsp3) is 0.949. The van der Waals surface area contributed by atoms with Crippen molar-refractivity contribution in [3.63, 3.8) is 0 Å². The van der Waals surface area contributed by atoms with Crippen molar-refractivity contribution >= 4 is 17.7 Å². The van der Waals surface area contributed by atoms with Crippen molar-refractivity contribution in [3.05, 3.63) is 0 Å². The number of rotatable bonds is 60. The molecule has 3 amide bonds. The zero-order valence-electron chi connectivity index (χ0n) is 56.1. The monoisotopic (exact) mass is 1400 g/mol. The van der Waals surface area contributed by atoms with Gasteiger partial charge in [-0.05, 0) is 12.5 Å². The average molecular weight is 1410 g/mol. The molecule has 0 saturated carbocycles. The lowest BCUT2D eigenvalue weighted by molar-refractivity contribution is -0.272. The highest BCUT2D eigenvalue weighted by Gasteiger charge is 2.48. The Hall–Kier alpha value is -2.83. The Morgan fingerprint density at radius 3 is 0.771 bits per heavy atom. The molecule has 3 rings (SSSR count). The summed E-state index contributed by atoms with van der Waals surface area (Å²) in [5, 5.41) is 101. The molecule has 566 valence electrons. The first-order valence-corrected chi connectivity index (χ1v) is 32.3. The molecule has 0 aromatic carbocycles. The van der Waals surface area contributed by atoms with Gasteiger partial charge in [0.25, 0.3) is 0 Å². The molecule has 3 aliphatic heterocycles. The topological polar surface area (TPSA) is 475 Å². The van der Waals surface area contributed by atoms with Crippen LogP contribution in [0.2, 0.25) is 0 Å². The van der Waals surface area contributed by atoms with Crippen molar-refractivity contribution in [1.29, 1.82) is 0 Å². The zero-order valence-corrected chi connectivity index (χ0v) is 56.1. The SMILES string of the molecule is CC(=O)N[C@H]1C(O)[C@@H](O)C(CO)O[C@H]1OCCOCCOCCOCCOCOCC(COCOCCOCCOCCOCCO[C@@H]1OC(CO)[C@H](O)C(O)[C@@H]1NC(C)=O)(COCOCCOCCOCCOCCO[C@@H]1OC(CO)[C@H](O)C(O)[C@@H]1NC(C)=O)NCC(C)C. The number of hydrogen-bond acceptors (Lipinski definition) is 34. The van der Waals surface area contributed by atoms with Gasteiger partial charge in [-0.3, -0.25) is 14.4 Å². The Morgan fingerprint density at radius 1 is 0.344 bits per heavy atom. The number of carbonyl (C=O) groups excluding carboxylic acids is 3. The second kappa shape index (κ2) is 53.9. The zero-order chi connectivity index (χ0) is 70.2. The van der Waals surface area contributed by atoms with E-state index in [9.17, 15) is 60.3 Å². The molecule has 3 heterocycles. The van der Waals surface area contributed by atoms with Crippen molar-refractivity contribution in [2.75, 3.05) is 225 Å². The quantitative estimate of drug-likeness (QED) is 0.0199. The third-order valence-electron chi connectivity index (χ3n) is 14.2. The molecule has 37 heteroatoms. The number of amides is 3. The molecule has 0 aromatic heterocycles. The van der Waals surface area contributed by atoms with E-state index < -0.39 is 135 Å². The fourth-order valence-electron chi connectivity index (χ4n) is 9.25. The minimum atomic E-state index is -1.41. The molecule has 3 saturated heterocycles. The lowest BCUT2D eigenvalue weighted by Gasteiger charge is -2.42. The maximum atomic E-state index is 11.6. The Labute approximate surface area is 560 Å². The Kier molecular flexibility index (Phi) is 49.1. The molecule has 3 fully saturated rings. The third-order valence-corrected chi connectivity index (χ3v) is 14.2. The highest BCUT2D eigenvalue weighted by atomic mass is 16.7. The summed E-state index contributed by atoms with van der Waals surface area (Å²) in [4.78, 5) is 34.9. The summed E-state index contributed by atoms with van der Waals surface area (Å²) >= 11 is 0. The lowest BCUT2D eigenvalue weighted by atomic mass is 9.97. The van der Waals surface area contributed by atoms with E-state index in [0.29, 0.717) is 46.2 Å². The molecule has 0 aromatic rings. The summed E-state index contributed by atoms with van der Waals surface area (Å²) in [6.45, 7) is 12.4. The van der Waals surface area contributed by atoms with Gasteiger partial charge in [0.2, 0.25) is 17.7 Å². The van der Waals surface area contributed by atoms with E-state index in [0.717, 1.165) is 0 Å². The van der Waals surface area contributed by atoms with Gasteiger partial charge < -0.3 is 167 Å². The normalized spacial score (nSPS) is 26.8. The van der Waals surface area contributed by atoms with Crippen molar-refractivity contribution in [2.24, 2.45) is 5.92 Å². The summed E-state index contributed by atoms with van der Waals surface area (Å²) in [5.41, 5.74) is -0.865. The number of hydrogen-bond donors (Lipinski definition) is 13. The van der Waals surface area contributed by atoms with E-state index in [-0.39, 0.29) is 165 Å². The van der Waals surface area contributed by atoms with Gasteiger partial charge >= 0.3 is 0 Å². The lowest BCUT2D eigenvalue weighted by Crippen LogP contribution is -2.64. The van der Waals surface area contributed by atoms with Crippen LogP contribution in [0.3, 0.4) is 0 Å². The van der Waals surface area contributed by atoms with Crippen LogP contribution in [0.1, 0.15) is 34.6 Å². The smallest absolute Gasteiger partial charge is 0.217 e. The predicted octanol–water partition coefficient (Wildman–Crippen LogP) is -7.03. The Morgan fingerprint density at radius 2 is 0.562 bits per heavy atom. The second-order valence-electron chi connectivity index (χ2n) is 22.6. The molecular formula is C59H112N4O33. The molecule has 3 aliphatic rings. The number of nitrogens with one attached hydrogen (secondary N) is 4. The minimum absolute atomic E-state index is 0.0378. The van der Waals surface area contributed by atoms with E-state index >= 15 is 0 Å². The van der Waals surface area contributed by atoms with Crippen LogP contribution in [0, 0.1) is 5.92 Å². The van der Waals surface area contributed by atoms with Crippen LogP contribution < -0.4 is 21.3 Å². The van der Waals surface area contributed by atoms with Crippen molar-refractivity contribution < 1.29 is 160 Å². The second-order valence-corrected chi connectivity index (χ2v) is 22.6.